The number of benzene rings is 1. The minimum atomic E-state index is -0.326. The lowest BCUT2D eigenvalue weighted by atomic mass is 10.0. The van der Waals surface area contributed by atoms with Crippen molar-refractivity contribution in [1.82, 2.24) is 9.88 Å². The molecule has 1 aromatic carbocycles. The Bertz CT molecular complexity index is 874. The summed E-state index contributed by atoms with van der Waals surface area (Å²) in [6.07, 6.45) is 0.0744. The molecule has 0 fully saturated rings. The van der Waals surface area contributed by atoms with Crippen molar-refractivity contribution in [1.29, 1.82) is 0 Å². The average molecular weight is 389 g/mol. The molecule has 0 bridgehead atoms. The summed E-state index contributed by atoms with van der Waals surface area (Å²) in [7, 11) is 4.82. The number of methoxy groups -OCH3 is 1. The van der Waals surface area contributed by atoms with Gasteiger partial charge in [-0.15, -0.1) is 0 Å². The summed E-state index contributed by atoms with van der Waals surface area (Å²) in [5.74, 6) is -0.155. The highest BCUT2D eigenvalue weighted by atomic mass is 32.1. The Hall–Kier alpha value is -2.74. The van der Waals surface area contributed by atoms with Crippen LogP contribution in [0.25, 0.3) is 0 Å². The molecule has 2 aromatic rings. The Morgan fingerprint density at radius 2 is 1.89 bits per heavy atom. The third-order valence-electron chi connectivity index (χ3n) is 3.88. The molecule has 0 saturated carbocycles. The lowest BCUT2D eigenvalue weighted by Crippen LogP contribution is -2.21. The number of nitrogens with zero attached hydrogens (tertiary/aromatic N) is 2. The van der Waals surface area contributed by atoms with Gasteiger partial charge >= 0.3 is 0 Å². The van der Waals surface area contributed by atoms with Crippen LogP contribution in [0.15, 0.2) is 18.2 Å². The Labute approximate surface area is 162 Å². The van der Waals surface area contributed by atoms with Crippen molar-refractivity contribution >= 4 is 34.1 Å². The molecule has 0 aliphatic heterocycles. The van der Waals surface area contributed by atoms with Crippen molar-refractivity contribution in [3.63, 3.8) is 0 Å². The molecule has 27 heavy (non-hydrogen) atoms. The molecule has 0 unspecified atom stereocenters. The Morgan fingerprint density at radius 3 is 2.52 bits per heavy atom. The van der Waals surface area contributed by atoms with Crippen molar-refractivity contribution in [3.8, 4) is 5.75 Å². The SMILES string of the molecule is COc1ccc(C)cc1C(=O)CCC(=O)Nc1nc(C)c(C(=O)N(C)C)s1. The van der Waals surface area contributed by atoms with Gasteiger partial charge in [0.1, 0.15) is 10.6 Å². The van der Waals surface area contributed by atoms with Gasteiger partial charge in [0.05, 0.1) is 18.4 Å². The minimum absolute atomic E-state index is 0.0194. The van der Waals surface area contributed by atoms with E-state index in [-0.39, 0.29) is 30.4 Å². The van der Waals surface area contributed by atoms with Crippen LogP contribution in [0.4, 0.5) is 5.13 Å². The Balaban J connectivity index is 1.99. The number of aromatic nitrogens is 1. The first-order valence-corrected chi connectivity index (χ1v) is 9.21. The molecule has 1 N–H and O–H groups in total. The maximum atomic E-state index is 12.4. The zero-order chi connectivity index (χ0) is 20.1. The molecule has 0 radical (unpaired) electrons. The van der Waals surface area contributed by atoms with E-state index in [9.17, 15) is 14.4 Å². The lowest BCUT2D eigenvalue weighted by molar-refractivity contribution is -0.116. The van der Waals surface area contributed by atoms with Crippen LogP contribution in [-0.4, -0.2) is 48.7 Å². The predicted octanol–water partition coefficient (Wildman–Crippen LogP) is 3.07. The highest BCUT2D eigenvalue weighted by molar-refractivity contribution is 7.17. The van der Waals surface area contributed by atoms with Crippen LogP contribution in [0, 0.1) is 13.8 Å². The maximum absolute atomic E-state index is 12.4. The Kier molecular flexibility index (Phi) is 6.68. The molecule has 0 aliphatic carbocycles. The fraction of sp³-hybridized carbons (Fsp3) is 0.368. The number of nitrogens with one attached hydrogen (secondary N) is 1. The summed E-state index contributed by atoms with van der Waals surface area (Å²) in [5, 5.41) is 3.01. The number of amides is 2. The zero-order valence-electron chi connectivity index (χ0n) is 16.1. The van der Waals surface area contributed by atoms with E-state index in [0.29, 0.717) is 27.0 Å². The van der Waals surface area contributed by atoms with E-state index in [2.05, 4.69) is 10.3 Å². The highest BCUT2D eigenvalue weighted by Crippen LogP contribution is 2.24. The van der Waals surface area contributed by atoms with Crippen LogP contribution in [0.3, 0.4) is 0 Å². The largest absolute Gasteiger partial charge is 0.496 e. The summed E-state index contributed by atoms with van der Waals surface area (Å²) in [6.45, 7) is 3.61. The number of Topliss-reactive ketones (excluding diaryl/α,β-unsaturated/α-hetero) is 1. The first-order valence-electron chi connectivity index (χ1n) is 8.39. The fourth-order valence-electron chi connectivity index (χ4n) is 2.43. The summed E-state index contributed by atoms with van der Waals surface area (Å²) in [6, 6.07) is 5.35. The molecule has 0 saturated heterocycles. The standard InChI is InChI=1S/C19H23N3O4S/c1-11-6-8-15(26-5)13(10-11)14(23)7-9-16(24)21-19-20-12(2)17(27-19)18(25)22(3)4/h6,8,10H,7,9H2,1-5H3,(H,20,21,24). The van der Waals surface area contributed by atoms with Gasteiger partial charge < -0.3 is 15.0 Å². The van der Waals surface area contributed by atoms with Crippen LogP contribution in [0.5, 0.6) is 5.75 Å². The summed E-state index contributed by atoms with van der Waals surface area (Å²) in [4.78, 5) is 42.8. The summed E-state index contributed by atoms with van der Waals surface area (Å²) < 4.78 is 5.22. The van der Waals surface area contributed by atoms with Gasteiger partial charge in [-0.05, 0) is 26.0 Å². The van der Waals surface area contributed by atoms with Crippen molar-refractivity contribution in [2.45, 2.75) is 26.7 Å². The van der Waals surface area contributed by atoms with E-state index in [1.165, 1.54) is 12.0 Å². The predicted molar refractivity (Wildman–Crippen MR) is 105 cm³/mol. The normalized spacial score (nSPS) is 10.4. The van der Waals surface area contributed by atoms with Crippen LogP contribution < -0.4 is 10.1 Å². The minimum Gasteiger partial charge on any atom is -0.496 e. The number of anilines is 1. The quantitative estimate of drug-likeness (QED) is 0.735. The first kappa shape index (κ1) is 20.6. The molecule has 144 valence electrons. The van der Waals surface area contributed by atoms with Gasteiger partial charge in [0.2, 0.25) is 5.91 Å². The molecule has 1 heterocycles. The van der Waals surface area contributed by atoms with Gasteiger partial charge in [-0.3, -0.25) is 14.4 Å². The van der Waals surface area contributed by atoms with Crippen LogP contribution in [-0.2, 0) is 4.79 Å². The number of carbonyl (C=O) groups excluding carboxylic acids is 3. The zero-order valence-corrected chi connectivity index (χ0v) is 16.9. The molecule has 7 nitrogen and oxygen atoms in total. The van der Waals surface area contributed by atoms with Gasteiger partial charge in [-0.2, -0.15) is 0 Å². The third-order valence-corrected chi connectivity index (χ3v) is 4.94. The van der Waals surface area contributed by atoms with Crippen molar-refractivity contribution in [2.24, 2.45) is 0 Å². The molecule has 0 spiro atoms. The number of aryl methyl sites for hydroxylation is 2. The molecule has 0 aliphatic rings. The number of ether oxygens (including phenoxy) is 1. The van der Waals surface area contributed by atoms with E-state index in [1.54, 1.807) is 33.2 Å². The van der Waals surface area contributed by atoms with E-state index >= 15 is 0 Å². The average Bonchev–Trinajstić information content (AvgIpc) is 2.98. The van der Waals surface area contributed by atoms with Crippen molar-refractivity contribution in [3.05, 3.63) is 39.9 Å². The van der Waals surface area contributed by atoms with Gasteiger partial charge in [0.15, 0.2) is 10.9 Å². The maximum Gasteiger partial charge on any atom is 0.265 e. The molecule has 2 rings (SSSR count). The smallest absolute Gasteiger partial charge is 0.265 e. The van der Waals surface area contributed by atoms with E-state index in [1.807, 2.05) is 13.0 Å². The topological polar surface area (TPSA) is 88.6 Å². The lowest BCUT2D eigenvalue weighted by Gasteiger charge is -2.08. The molecule has 8 heteroatoms. The van der Waals surface area contributed by atoms with Gasteiger partial charge in [0.25, 0.3) is 5.91 Å². The summed E-state index contributed by atoms with van der Waals surface area (Å²) in [5.41, 5.74) is 1.98. The second-order valence-corrected chi connectivity index (χ2v) is 7.31. The van der Waals surface area contributed by atoms with E-state index < -0.39 is 0 Å². The second kappa shape index (κ2) is 8.77. The van der Waals surface area contributed by atoms with Crippen molar-refractivity contribution in [2.75, 3.05) is 26.5 Å². The Morgan fingerprint density at radius 1 is 1.19 bits per heavy atom. The molecule has 1 aromatic heterocycles. The monoisotopic (exact) mass is 389 g/mol. The molecule has 0 atom stereocenters. The third kappa shape index (κ3) is 5.13. The number of rotatable bonds is 7. The number of ketones is 1. The van der Waals surface area contributed by atoms with E-state index in [0.717, 1.165) is 16.9 Å². The van der Waals surface area contributed by atoms with Crippen LogP contribution >= 0.6 is 11.3 Å². The molecular formula is C19H23N3O4S. The number of hydrogen-bond donors (Lipinski definition) is 1. The number of thiazole rings is 1. The molecule has 2 amide bonds. The van der Waals surface area contributed by atoms with Crippen LogP contribution in [0.1, 0.15) is 44.1 Å². The van der Waals surface area contributed by atoms with Crippen LogP contribution in [0.2, 0.25) is 0 Å². The first-order chi connectivity index (χ1) is 12.7. The van der Waals surface area contributed by atoms with Gasteiger partial charge in [0, 0.05) is 26.9 Å². The number of carbonyl (C=O) groups is 3. The second-order valence-electron chi connectivity index (χ2n) is 6.31. The summed E-state index contributed by atoms with van der Waals surface area (Å²) >= 11 is 1.12. The highest BCUT2D eigenvalue weighted by Gasteiger charge is 2.19. The van der Waals surface area contributed by atoms with Gasteiger partial charge in [-0.1, -0.05) is 23.0 Å². The molecular weight excluding hydrogens is 366 g/mol. The van der Waals surface area contributed by atoms with Crippen molar-refractivity contribution < 1.29 is 19.1 Å². The fourth-order valence-corrected chi connectivity index (χ4v) is 3.44. The van der Waals surface area contributed by atoms with E-state index in [4.69, 9.17) is 4.74 Å². The van der Waals surface area contributed by atoms with Gasteiger partial charge in [-0.25, -0.2) is 4.98 Å². The number of hydrogen-bond acceptors (Lipinski definition) is 6.